The maximum Gasteiger partial charge on any atom is 0.287 e. The quantitative estimate of drug-likeness (QED) is 0.865. The zero-order chi connectivity index (χ0) is 15.5. The third kappa shape index (κ3) is 3.79. The first kappa shape index (κ1) is 16.3. The van der Waals surface area contributed by atoms with Crippen molar-refractivity contribution < 1.29 is 0 Å². The van der Waals surface area contributed by atoms with Crippen LogP contribution in [0.15, 0.2) is 11.0 Å². The van der Waals surface area contributed by atoms with E-state index in [1.54, 1.807) is 6.20 Å². The van der Waals surface area contributed by atoms with Gasteiger partial charge in [-0.15, -0.1) is 0 Å². The summed E-state index contributed by atoms with van der Waals surface area (Å²) in [6, 6.07) is 0. The monoisotopic (exact) mass is 311 g/mol. The van der Waals surface area contributed by atoms with Crippen LogP contribution in [0.2, 0.25) is 5.02 Å². The Bertz CT molecular complexity index is 533. The molecule has 0 radical (unpaired) electrons. The maximum atomic E-state index is 12.2. The Morgan fingerprint density at radius 1 is 1.43 bits per heavy atom. The third-order valence-corrected chi connectivity index (χ3v) is 4.96. The molecule has 21 heavy (non-hydrogen) atoms. The van der Waals surface area contributed by atoms with E-state index in [1.165, 1.54) is 30.4 Å². The number of halogens is 1. The highest BCUT2D eigenvalue weighted by molar-refractivity contribution is 6.32. The average molecular weight is 312 g/mol. The highest BCUT2D eigenvalue weighted by Crippen LogP contribution is 2.41. The van der Waals surface area contributed by atoms with Crippen LogP contribution in [-0.4, -0.2) is 16.3 Å². The van der Waals surface area contributed by atoms with Crippen molar-refractivity contribution in [3.05, 3.63) is 21.6 Å². The molecule has 1 aromatic rings. The van der Waals surface area contributed by atoms with Crippen LogP contribution in [0.4, 0.5) is 5.69 Å². The fraction of sp³-hybridized carbons (Fsp3) is 0.750. The number of nitrogens with zero attached hydrogens (tertiary/aromatic N) is 2. The van der Waals surface area contributed by atoms with Crippen LogP contribution in [-0.2, 0) is 6.54 Å². The second kappa shape index (κ2) is 6.82. The Kier molecular flexibility index (Phi) is 5.31. The smallest absolute Gasteiger partial charge is 0.287 e. The molecule has 0 spiro atoms. The van der Waals surface area contributed by atoms with Crippen LogP contribution in [0.5, 0.6) is 0 Å². The van der Waals surface area contributed by atoms with Gasteiger partial charge in [-0.3, -0.25) is 4.79 Å². The van der Waals surface area contributed by atoms with Crippen molar-refractivity contribution in [1.29, 1.82) is 0 Å². The number of rotatable bonds is 6. The second-order valence-electron chi connectivity index (χ2n) is 6.67. The van der Waals surface area contributed by atoms with E-state index in [0.717, 1.165) is 13.0 Å². The highest BCUT2D eigenvalue weighted by Gasteiger charge is 2.31. The lowest BCUT2D eigenvalue weighted by molar-refractivity contribution is 0.306. The van der Waals surface area contributed by atoms with Gasteiger partial charge in [0, 0.05) is 13.1 Å². The molecule has 0 unspecified atom stereocenters. The minimum Gasteiger partial charge on any atom is -0.382 e. The van der Waals surface area contributed by atoms with E-state index >= 15 is 0 Å². The van der Waals surface area contributed by atoms with Gasteiger partial charge in [-0.05, 0) is 30.6 Å². The average Bonchev–Trinajstić information content (AvgIpc) is 2.92. The molecule has 1 saturated carbocycles. The molecule has 118 valence electrons. The Morgan fingerprint density at radius 2 is 2.10 bits per heavy atom. The molecule has 4 nitrogen and oxygen atoms in total. The van der Waals surface area contributed by atoms with Gasteiger partial charge in [-0.1, -0.05) is 45.2 Å². The normalized spacial score (nSPS) is 17.4. The van der Waals surface area contributed by atoms with Gasteiger partial charge in [0.1, 0.15) is 5.02 Å². The molecule has 0 aromatic carbocycles. The van der Waals surface area contributed by atoms with Crippen molar-refractivity contribution in [3.63, 3.8) is 0 Å². The van der Waals surface area contributed by atoms with Crippen molar-refractivity contribution in [2.75, 3.05) is 11.9 Å². The summed E-state index contributed by atoms with van der Waals surface area (Å²) in [7, 11) is 0. The molecule has 5 heteroatoms. The van der Waals surface area contributed by atoms with E-state index in [9.17, 15) is 4.79 Å². The summed E-state index contributed by atoms with van der Waals surface area (Å²) < 4.78 is 1.45. The van der Waals surface area contributed by atoms with Crippen molar-refractivity contribution in [3.8, 4) is 0 Å². The molecular formula is C16H26ClN3O. The van der Waals surface area contributed by atoms with Crippen molar-refractivity contribution >= 4 is 17.3 Å². The fourth-order valence-corrected chi connectivity index (χ4v) is 3.34. The first-order valence-electron chi connectivity index (χ1n) is 7.97. The predicted molar refractivity (Wildman–Crippen MR) is 88.0 cm³/mol. The van der Waals surface area contributed by atoms with Crippen molar-refractivity contribution in [2.45, 2.75) is 59.4 Å². The van der Waals surface area contributed by atoms with Gasteiger partial charge >= 0.3 is 0 Å². The second-order valence-corrected chi connectivity index (χ2v) is 7.05. The van der Waals surface area contributed by atoms with E-state index in [2.05, 4.69) is 31.2 Å². The molecule has 0 bridgehead atoms. The maximum absolute atomic E-state index is 12.2. The lowest BCUT2D eigenvalue weighted by atomic mass is 9.83. The molecule has 1 fully saturated rings. The summed E-state index contributed by atoms with van der Waals surface area (Å²) in [5.74, 6) is 0.368. The molecule has 1 aliphatic rings. The molecule has 0 saturated heterocycles. The van der Waals surface area contributed by atoms with Crippen LogP contribution >= 0.6 is 11.6 Å². The van der Waals surface area contributed by atoms with Gasteiger partial charge in [0.25, 0.3) is 5.56 Å². The van der Waals surface area contributed by atoms with E-state index in [-0.39, 0.29) is 10.6 Å². The lowest BCUT2D eigenvalue weighted by Gasteiger charge is -2.28. The van der Waals surface area contributed by atoms with E-state index < -0.39 is 0 Å². The Balaban J connectivity index is 2.11. The van der Waals surface area contributed by atoms with Crippen LogP contribution < -0.4 is 10.9 Å². The summed E-state index contributed by atoms with van der Waals surface area (Å²) in [5.41, 5.74) is 0.824. The largest absolute Gasteiger partial charge is 0.382 e. The van der Waals surface area contributed by atoms with E-state index in [0.29, 0.717) is 23.6 Å². The minimum absolute atomic E-state index is 0.202. The number of anilines is 1. The molecule has 0 amide bonds. The van der Waals surface area contributed by atoms with Gasteiger partial charge in [0.15, 0.2) is 0 Å². The van der Waals surface area contributed by atoms with E-state index in [1.807, 2.05) is 0 Å². The topological polar surface area (TPSA) is 46.9 Å². The summed E-state index contributed by atoms with van der Waals surface area (Å²) in [6.45, 7) is 7.82. The zero-order valence-corrected chi connectivity index (χ0v) is 14.0. The number of hydrogen-bond donors (Lipinski definition) is 1. The lowest BCUT2D eigenvalue weighted by Crippen LogP contribution is -2.29. The van der Waals surface area contributed by atoms with E-state index in [4.69, 9.17) is 11.6 Å². The van der Waals surface area contributed by atoms with Gasteiger partial charge in [-0.25, -0.2) is 4.68 Å². The summed E-state index contributed by atoms with van der Waals surface area (Å²) in [4.78, 5) is 12.2. The molecule has 0 aliphatic heterocycles. The first-order chi connectivity index (χ1) is 9.97. The van der Waals surface area contributed by atoms with Crippen molar-refractivity contribution in [1.82, 2.24) is 9.78 Å². The highest BCUT2D eigenvalue weighted by atomic mass is 35.5. The summed E-state index contributed by atoms with van der Waals surface area (Å²) in [6.07, 6.45) is 7.97. The van der Waals surface area contributed by atoms with Gasteiger partial charge < -0.3 is 5.32 Å². The standard InChI is InChI=1S/C16H26ClN3O/c1-4-16(7-5-6-8-16)11-18-13-9-19-20(10-12(2)3)15(21)14(13)17/h9,12,18H,4-8,10-11H2,1-3H3. The summed E-state index contributed by atoms with van der Waals surface area (Å²) in [5, 5.41) is 7.85. The predicted octanol–water partition coefficient (Wildman–Crippen LogP) is 3.94. The van der Waals surface area contributed by atoms with Gasteiger partial charge in [0.05, 0.1) is 11.9 Å². The molecule has 1 N–H and O–H groups in total. The fourth-order valence-electron chi connectivity index (χ4n) is 3.13. The van der Waals surface area contributed by atoms with Crippen molar-refractivity contribution in [2.24, 2.45) is 11.3 Å². The molecule has 0 atom stereocenters. The van der Waals surface area contributed by atoms with Gasteiger partial charge in [-0.2, -0.15) is 5.10 Å². The molecule has 1 heterocycles. The summed E-state index contributed by atoms with van der Waals surface area (Å²) >= 11 is 6.22. The number of hydrogen-bond acceptors (Lipinski definition) is 3. The molecule has 1 aromatic heterocycles. The zero-order valence-electron chi connectivity index (χ0n) is 13.3. The minimum atomic E-state index is -0.202. The first-order valence-corrected chi connectivity index (χ1v) is 8.35. The van der Waals surface area contributed by atoms with Crippen LogP contribution in [0.1, 0.15) is 52.9 Å². The number of aromatic nitrogens is 2. The SMILES string of the molecule is CCC1(CNc2cnn(CC(C)C)c(=O)c2Cl)CCCC1. The number of nitrogens with one attached hydrogen (secondary N) is 1. The third-order valence-electron chi connectivity index (χ3n) is 4.59. The Labute approximate surface area is 131 Å². The Morgan fingerprint density at radius 3 is 2.67 bits per heavy atom. The molecule has 1 aliphatic carbocycles. The van der Waals surface area contributed by atoms with Crippen LogP contribution in [0.3, 0.4) is 0 Å². The Hall–Kier alpha value is -1.03. The van der Waals surface area contributed by atoms with Crippen LogP contribution in [0, 0.1) is 11.3 Å². The van der Waals surface area contributed by atoms with Gasteiger partial charge in [0.2, 0.25) is 0 Å². The molecular weight excluding hydrogens is 286 g/mol. The van der Waals surface area contributed by atoms with Crippen LogP contribution in [0.25, 0.3) is 0 Å². The molecule has 2 rings (SSSR count).